The van der Waals surface area contributed by atoms with E-state index >= 15 is 0 Å². The Morgan fingerprint density at radius 2 is 1.84 bits per heavy atom. The number of carbonyl (C=O) groups is 3. The van der Waals surface area contributed by atoms with Crippen molar-refractivity contribution in [2.75, 3.05) is 13.1 Å². The average molecular weight is 436 g/mol. The molecule has 1 aromatic rings. The summed E-state index contributed by atoms with van der Waals surface area (Å²) in [7, 11) is 0. The number of nitrogens with one attached hydrogen (secondary N) is 2. The standard InChI is InChI=1S/C23H37N3O5/c1-8-9-13-26(18(27)14-24-22(30)31-23(5,6)7)19(21(29)25-15(2)3)17-12-10-11-16(4)20(17)28/h10-12,15,19,28H,8-9,13-14H2,1-7H3,(H,24,30)(H,25,29). The van der Waals surface area contributed by atoms with Crippen molar-refractivity contribution in [3.8, 4) is 5.75 Å². The van der Waals surface area contributed by atoms with Crippen LogP contribution in [0.5, 0.6) is 5.75 Å². The number of alkyl carbamates (subject to hydrolysis) is 1. The minimum atomic E-state index is -1.03. The van der Waals surface area contributed by atoms with Gasteiger partial charge in [-0.3, -0.25) is 9.59 Å². The van der Waals surface area contributed by atoms with Crippen LogP contribution in [0.3, 0.4) is 0 Å². The fourth-order valence-corrected chi connectivity index (χ4v) is 3.01. The molecule has 31 heavy (non-hydrogen) atoms. The van der Waals surface area contributed by atoms with Gasteiger partial charge in [0.15, 0.2) is 0 Å². The van der Waals surface area contributed by atoms with Crippen LogP contribution in [0.1, 0.15) is 71.6 Å². The highest BCUT2D eigenvalue weighted by molar-refractivity contribution is 5.91. The van der Waals surface area contributed by atoms with Gasteiger partial charge >= 0.3 is 6.09 Å². The molecule has 174 valence electrons. The minimum Gasteiger partial charge on any atom is -0.507 e. The van der Waals surface area contributed by atoms with E-state index in [2.05, 4.69) is 10.6 Å². The van der Waals surface area contributed by atoms with Gasteiger partial charge in [-0.25, -0.2) is 4.79 Å². The lowest BCUT2D eigenvalue weighted by Crippen LogP contribution is -2.49. The fourth-order valence-electron chi connectivity index (χ4n) is 3.01. The van der Waals surface area contributed by atoms with Crippen LogP contribution >= 0.6 is 0 Å². The molecule has 0 aliphatic rings. The lowest BCUT2D eigenvalue weighted by molar-refractivity contribution is -0.140. The zero-order valence-electron chi connectivity index (χ0n) is 19.7. The monoisotopic (exact) mass is 435 g/mol. The highest BCUT2D eigenvalue weighted by Gasteiger charge is 2.33. The summed E-state index contributed by atoms with van der Waals surface area (Å²) in [6, 6.07) is 3.94. The summed E-state index contributed by atoms with van der Waals surface area (Å²) in [5.74, 6) is -0.859. The second-order valence-electron chi connectivity index (χ2n) is 8.87. The third kappa shape index (κ3) is 8.47. The Hall–Kier alpha value is -2.77. The maximum atomic E-state index is 13.1. The average Bonchev–Trinajstić information content (AvgIpc) is 2.64. The molecule has 8 heteroatoms. The molecule has 1 aromatic carbocycles. The van der Waals surface area contributed by atoms with Crippen molar-refractivity contribution in [2.24, 2.45) is 0 Å². The fraction of sp³-hybridized carbons (Fsp3) is 0.609. The van der Waals surface area contributed by atoms with Gasteiger partial charge in [0.25, 0.3) is 0 Å². The van der Waals surface area contributed by atoms with E-state index in [0.717, 1.165) is 6.42 Å². The summed E-state index contributed by atoms with van der Waals surface area (Å²) in [6.07, 6.45) is 0.760. The van der Waals surface area contributed by atoms with Gasteiger partial charge in [-0.1, -0.05) is 31.5 Å². The van der Waals surface area contributed by atoms with Crippen molar-refractivity contribution >= 4 is 17.9 Å². The molecular weight excluding hydrogens is 398 g/mol. The van der Waals surface area contributed by atoms with Crippen LogP contribution < -0.4 is 10.6 Å². The van der Waals surface area contributed by atoms with Gasteiger partial charge in [-0.2, -0.15) is 0 Å². The van der Waals surface area contributed by atoms with Crippen LogP contribution in [-0.4, -0.2) is 52.6 Å². The molecule has 0 radical (unpaired) electrons. The van der Waals surface area contributed by atoms with Gasteiger partial charge in [0.05, 0.1) is 0 Å². The zero-order chi connectivity index (χ0) is 23.8. The van der Waals surface area contributed by atoms with Crippen LogP contribution in [0.25, 0.3) is 0 Å². The second-order valence-corrected chi connectivity index (χ2v) is 8.87. The first-order valence-electron chi connectivity index (χ1n) is 10.7. The molecule has 8 nitrogen and oxygen atoms in total. The number of para-hydroxylation sites is 1. The van der Waals surface area contributed by atoms with Gasteiger partial charge in [-0.05, 0) is 53.5 Å². The number of aryl methyl sites for hydroxylation is 1. The van der Waals surface area contributed by atoms with Crippen molar-refractivity contribution < 1.29 is 24.2 Å². The number of carbonyl (C=O) groups excluding carboxylic acids is 3. The molecule has 0 aromatic heterocycles. The molecular formula is C23H37N3O5. The van der Waals surface area contributed by atoms with Crippen LogP contribution in [0.2, 0.25) is 0 Å². The Kier molecular flexibility index (Phi) is 9.81. The van der Waals surface area contributed by atoms with Crippen molar-refractivity contribution in [2.45, 2.75) is 79.0 Å². The van der Waals surface area contributed by atoms with E-state index in [1.54, 1.807) is 45.9 Å². The smallest absolute Gasteiger partial charge is 0.408 e. The number of ether oxygens (including phenoxy) is 1. The number of phenolic OH excluding ortho intramolecular Hbond substituents is 1. The molecule has 0 fully saturated rings. The van der Waals surface area contributed by atoms with E-state index in [-0.39, 0.29) is 18.3 Å². The Bertz CT molecular complexity index is 771. The minimum absolute atomic E-state index is 0.0270. The van der Waals surface area contributed by atoms with Crippen molar-refractivity contribution in [3.05, 3.63) is 29.3 Å². The highest BCUT2D eigenvalue weighted by Crippen LogP contribution is 2.32. The van der Waals surface area contributed by atoms with Gasteiger partial charge in [-0.15, -0.1) is 0 Å². The van der Waals surface area contributed by atoms with Crippen LogP contribution in [0.4, 0.5) is 4.79 Å². The van der Waals surface area contributed by atoms with Gasteiger partial charge in [0.1, 0.15) is 23.9 Å². The second kappa shape index (κ2) is 11.6. The zero-order valence-corrected chi connectivity index (χ0v) is 19.7. The molecule has 1 atom stereocenters. The van der Waals surface area contributed by atoms with E-state index in [9.17, 15) is 19.5 Å². The molecule has 0 aliphatic heterocycles. The molecule has 1 unspecified atom stereocenters. The maximum Gasteiger partial charge on any atom is 0.408 e. The molecule has 0 saturated carbocycles. The quantitative estimate of drug-likeness (QED) is 0.551. The normalized spacial score (nSPS) is 12.3. The number of hydrogen-bond acceptors (Lipinski definition) is 5. The molecule has 0 bridgehead atoms. The Morgan fingerprint density at radius 1 is 1.19 bits per heavy atom. The predicted molar refractivity (Wildman–Crippen MR) is 120 cm³/mol. The SMILES string of the molecule is CCCCN(C(=O)CNC(=O)OC(C)(C)C)C(C(=O)NC(C)C)c1cccc(C)c1O. The predicted octanol–water partition coefficient (Wildman–Crippen LogP) is 3.42. The van der Waals surface area contributed by atoms with Gasteiger partial charge in [0.2, 0.25) is 11.8 Å². The van der Waals surface area contributed by atoms with E-state index < -0.39 is 29.6 Å². The first kappa shape index (κ1) is 26.3. The maximum absolute atomic E-state index is 13.1. The molecule has 0 aliphatic carbocycles. The van der Waals surface area contributed by atoms with Crippen LogP contribution in [-0.2, 0) is 14.3 Å². The Balaban J connectivity index is 3.24. The molecule has 1 rings (SSSR count). The summed E-state index contributed by atoms with van der Waals surface area (Å²) in [5.41, 5.74) is 0.261. The third-order valence-electron chi connectivity index (χ3n) is 4.41. The van der Waals surface area contributed by atoms with Crippen molar-refractivity contribution in [3.63, 3.8) is 0 Å². The van der Waals surface area contributed by atoms with Gasteiger partial charge < -0.3 is 25.4 Å². The number of amides is 3. The lowest BCUT2D eigenvalue weighted by atomic mass is 9.99. The first-order valence-corrected chi connectivity index (χ1v) is 10.7. The van der Waals surface area contributed by atoms with Crippen LogP contribution in [0, 0.1) is 6.92 Å². The van der Waals surface area contributed by atoms with E-state index in [1.165, 1.54) is 4.90 Å². The van der Waals surface area contributed by atoms with Crippen LogP contribution in [0.15, 0.2) is 18.2 Å². The summed E-state index contributed by atoms with van der Waals surface area (Å²) < 4.78 is 5.19. The number of phenols is 1. The molecule has 3 N–H and O–H groups in total. The summed E-state index contributed by atoms with van der Waals surface area (Å²) in [4.78, 5) is 39.6. The molecule has 0 saturated heterocycles. The molecule has 0 heterocycles. The molecule has 3 amide bonds. The lowest BCUT2D eigenvalue weighted by Gasteiger charge is -2.32. The number of aromatic hydroxyl groups is 1. The Labute approximate surface area is 185 Å². The van der Waals surface area contributed by atoms with Gasteiger partial charge in [0, 0.05) is 18.2 Å². The number of rotatable bonds is 9. The summed E-state index contributed by atoms with van der Waals surface area (Å²) in [5, 5.41) is 15.9. The molecule has 0 spiro atoms. The number of benzene rings is 1. The number of hydrogen-bond donors (Lipinski definition) is 3. The van der Waals surface area contributed by atoms with Crippen molar-refractivity contribution in [1.29, 1.82) is 0 Å². The number of unbranched alkanes of at least 4 members (excludes halogenated alkanes) is 1. The third-order valence-corrected chi connectivity index (χ3v) is 4.41. The first-order chi connectivity index (χ1) is 14.4. The van der Waals surface area contributed by atoms with E-state index in [0.29, 0.717) is 24.1 Å². The largest absolute Gasteiger partial charge is 0.507 e. The summed E-state index contributed by atoms with van der Waals surface area (Å²) in [6.45, 7) is 12.5. The van der Waals surface area contributed by atoms with Crippen molar-refractivity contribution in [1.82, 2.24) is 15.5 Å². The van der Waals surface area contributed by atoms with E-state index in [1.807, 2.05) is 20.8 Å². The van der Waals surface area contributed by atoms with E-state index in [4.69, 9.17) is 4.74 Å². The topological polar surface area (TPSA) is 108 Å². The number of nitrogens with zero attached hydrogens (tertiary/aromatic N) is 1. The summed E-state index contributed by atoms with van der Waals surface area (Å²) >= 11 is 0. The highest BCUT2D eigenvalue weighted by atomic mass is 16.6. The Morgan fingerprint density at radius 3 is 2.39 bits per heavy atom.